The van der Waals surface area contributed by atoms with Crippen molar-refractivity contribution in [2.45, 2.75) is 39.5 Å². The van der Waals surface area contributed by atoms with Crippen molar-refractivity contribution in [3.63, 3.8) is 0 Å². The zero-order chi connectivity index (χ0) is 19.8. The van der Waals surface area contributed by atoms with Gasteiger partial charge in [-0.05, 0) is 53.5 Å². The van der Waals surface area contributed by atoms with Crippen LogP contribution in [0.5, 0.6) is 0 Å². The Kier molecular flexibility index (Phi) is 9.43. The van der Waals surface area contributed by atoms with E-state index in [4.69, 9.17) is 4.74 Å². The van der Waals surface area contributed by atoms with Crippen LogP contribution < -0.4 is 0 Å². The number of fused-ring (bicyclic) bond motifs is 2. The predicted octanol–water partition coefficient (Wildman–Crippen LogP) is 6.47. The minimum Gasteiger partial charge on any atom is -0.461 e. The first-order valence-electron chi connectivity index (χ1n) is 10.5. The lowest BCUT2D eigenvalue weighted by Gasteiger charge is -2.21. The fourth-order valence-electron chi connectivity index (χ4n) is 3.67. The van der Waals surface area contributed by atoms with E-state index in [-0.39, 0.29) is 18.4 Å². The number of halogens is 1. The highest BCUT2D eigenvalue weighted by Crippen LogP contribution is 2.29. The summed E-state index contributed by atoms with van der Waals surface area (Å²) in [5.41, 5.74) is 0.683. The van der Waals surface area contributed by atoms with E-state index >= 15 is 0 Å². The Labute approximate surface area is 180 Å². The molecule has 156 valence electrons. The molecule has 0 bridgehead atoms. The summed E-state index contributed by atoms with van der Waals surface area (Å²) < 4.78 is 5.75. The number of hydrogen-bond donors (Lipinski definition) is 0. The van der Waals surface area contributed by atoms with Gasteiger partial charge in [0, 0.05) is 6.54 Å². The first-order valence-corrected chi connectivity index (χ1v) is 10.5. The molecular formula is C25H32ClNO2. The summed E-state index contributed by atoms with van der Waals surface area (Å²) >= 11 is 0. The Morgan fingerprint density at radius 2 is 1.34 bits per heavy atom. The van der Waals surface area contributed by atoms with E-state index in [1.807, 2.05) is 36.4 Å². The van der Waals surface area contributed by atoms with Crippen LogP contribution in [-0.2, 0) is 4.74 Å². The van der Waals surface area contributed by atoms with Crippen molar-refractivity contribution in [1.29, 1.82) is 0 Å². The zero-order valence-electron chi connectivity index (χ0n) is 17.5. The van der Waals surface area contributed by atoms with Gasteiger partial charge in [0.1, 0.15) is 6.61 Å². The summed E-state index contributed by atoms with van der Waals surface area (Å²) in [6, 6.07) is 18.2. The lowest BCUT2D eigenvalue weighted by atomic mass is 9.97. The molecule has 3 aromatic carbocycles. The Hall–Kier alpha value is -2.10. The molecule has 0 radical (unpaired) electrons. The number of hydrogen-bond acceptors (Lipinski definition) is 3. The summed E-state index contributed by atoms with van der Waals surface area (Å²) in [6.07, 6.45) is 4.74. The number of esters is 1. The SMILES string of the molecule is CCCCN(CCCC)CCOC(=O)c1c2ccccc2cc2ccccc12.Cl. The van der Waals surface area contributed by atoms with Crippen LogP contribution >= 0.6 is 12.4 Å². The van der Waals surface area contributed by atoms with E-state index in [2.05, 4.69) is 36.9 Å². The molecule has 0 spiro atoms. The molecular weight excluding hydrogens is 382 g/mol. The molecule has 0 fully saturated rings. The first kappa shape index (κ1) is 23.2. The molecule has 3 aromatic rings. The average molecular weight is 414 g/mol. The number of unbranched alkanes of at least 4 members (excludes halogenated alkanes) is 2. The predicted molar refractivity (Wildman–Crippen MR) is 125 cm³/mol. The maximum Gasteiger partial charge on any atom is 0.339 e. The maximum atomic E-state index is 13.0. The third-order valence-corrected chi connectivity index (χ3v) is 5.27. The molecule has 4 heteroatoms. The second-order valence-corrected chi connectivity index (χ2v) is 7.38. The molecule has 0 saturated heterocycles. The van der Waals surface area contributed by atoms with Crippen LogP contribution in [0.1, 0.15) is 49.9 Å². The monoisotopic (exact) mass is 413 g/mol. The van der Waals surface area contributed by atoms with Gasteiger partial charge in [0.05, 0.1) is 5.56 Å². The summed E-state index contributed by atoms with van der Waals surface area (Å²) in [5, 5.41) is 4.06. The first-order chi connectivity index (χ1) is 13.7. The number of benzene rings is 3. The summed E-state index contributed by atoms with van der Waals surface area (Å²) in [6.45, 7) is 7.81. The van der Waals surface area contributed by atoms with Gasteiger partial charge in [0.15, 0.2) is 0 Å². The molecule has 29 heavy (non-hydrogen) atoms. The number of nitrogens with zero attached hydrogens (tertiary/aromatic N) is 1. The normalized spacial score (nSPS) is 11.0. The smallest absolute Gasteiger partial charge is 0.339 e. The second kappa shape index (κ2) is 11.8. The molecule has 0 atom stereocenters. The minimum atomic E-state index is -0.223. The van der Waals surface area contributed by atoms with Gasteiger partial charge in [0.2, 0.25) is 0 Å². The minimum absolute atomic E-state index is 0. The molecule has 0 N–H and O–H groups in total. The third-order valence-electron chi connectivity index (χ3n) is 5.27. The van der Waals surface area contributed by atoms with Crippen LogP contribution in [0.4, 0.5) is 0 Å². The van der Waals surface area contributed by atoms with E-state index in [0.717, 1.165) is 41.2 Å². The van der Waals surface area contributed by atoms with Crippen molar-refractivity contribution >= 4 is 39.9 Å². The van der Waals surface area contributed by atoms with Crippen LogP contribution in [0.3, 0.4) is 0 Å². The van der Waals surface area contributed by atoms with Crippen molar-refractivity contribution in [1.82, 2.24) is 4.90 Å². The van der Waals surface area contributed by atoms with Crippen LogP contribution in [-0.4, -0.2) is 37.1 Å². The number of rotatable bonds is 10. The fraction of sp³-hybridized carbons (Fsp3) is 0.400. The average Bonchev–Trinajstić information content (AvgIpc) is 2.73. The van der Waals surface area contributed by atoms with Crippen molar-refractivity contribution in [2.24, 2.45) is 0 Å². The Morgan fingerprint density at radius 1 is 0.828 bits per heavy atom. The molecule has 0 aliphatic rings. The van der Waals surface area contributed by atoms with Gasteiger partial charge in [0.25, 0.3) is 0 Å². The van der Waals surface area contributed by atoms with Gasteiger partial charge in [-0.1, -0.05) is 75.2 Å². The van der Waals surface area contributed by atoms with Gasteiger partial charge < -0.3 is 4.74 Å². The van der Waals surface area contributed by atoms with E-state index < -0.39 is 0 Å². The van der Waals surface area contributed by atoms with Crippen LogP contribution in [0.15, 0.2) is 54.6 Å². The number of ether oxygens (including phenoxy) is 1. The maximum absolute atomic E-state index is 13.0. The molecule has 0 heterocycles. The molecule has 0 unspecified atom stereocenters. The summed E-state index contributed by atoms with van der Waals surface area (Å²) in [7, 11) is 0. The van der Waals surface area contributed by atoms with E-state index in [0.29, 0.717) is 12.2 Å². The van der Waals surface area contributed by atoms with Gasteiger partial charge >= 0.3 is 5.97 Å². The third kappa shape index (κ3) is 5.94. The van der Waals surface area contributed by atoms with Crippen LogP contribution in [0, 0.1) is 0 Å². The van der Waals surface area contributed by atoms with E-state index in [1.54, 1.807) is 0 Å². The van der Waals surface area contributed by atoms with Crippen molar-refractivity contribution < 1.29 is 9.53 Å². The molecule has 0 aliphatic carbocycles. The van der Waals surface area contributed by atoms with E-state index in [9.17, 15) is 4.79 Å². The lowest BCUT2D eigenvalue weighted by molar-refractivity contribution is 0.0465. The highest BCUT2D eigenvalue weighted by Gasteiger charge is 2.16. The standard InChI is InChI=1S/C25H31NO2.ClH/c1-3-5-15-26(16-6-4-2)17-18-28-25(27)24-22-13-9-7-11-20(22)19-21-12-8-10-14-23(21)24;/h7-14,19H,3-6,15-18H2,1-2H3;1H. The van der Waals surface area contributed by atoms with Gasteiger partial charge in [-0.25, -0.2) is 4.79 Å². The number of carbonyl (C=O) groups is 1. The topological polar surface area (TPSA) is 29.5 Å². The highest BCUT2D eigenvalue weighted by molar-refractivity contribution is 6.16. The van der Waals surface area contributed by atoms with Crippen LogP contribution in [0.25, 0.3) is 21.5 Å². The van der Waals surface area contributed by atoms with Gasteiger partial charge in [-0.2, -0.15) is 0 Å². The molecule has 3 nitrogen and oxygen atoms in total. The largest absolute Gasteiger partial charge is 0.461 e. The fourth-order valence-corrected chi connectivity index (χ4v) is 3.67. The molecule has 3 rings (SSSR count). The van der Waals surface area contributed by atoms with Crippen molar-refractivity contribution in [2.75, 3.05) is 26.2 Å². The Bertz CT molecular complexity index is 863. The summed E-state index contributed by atoms with van der Waals surface area (Å²) in [4.78, 5) is 15.5. The molecule has 0 aromatic heterocycles. The zero-order valence-corrected chi connectivity index (χ0v) is 18.3. The molecule has 0 amide bonds. The van der Waals surface area contributed by atoms with E-state index in [1.165, 1.54) is 25.7 Å². The quantitative estimate of drug-likeness (QED) is 0.281. The summed E-state index contributed by atoms with van der Waals surface area (Å²) in [5.74, 6) is -0.223. The molecule has 0 aliphatic heterocycles. The number of carbonyl (C=O) groups excluding carboxylic acids is 1. The van der Waals surface area contributed by atoms with Gasteiger partial charge in [-0.3, -0.25) is 4.90 Å². The lowest BCUT2D eigenvalue weighted by Crippen LogP contribution is -2.30. The highest BCUT2D eigenvalue weighted by atomic mass is 35.5. The second-order valence-electron chi connectivity index (χ2n) is 7.38. The molecule has 0 saturated carbocycles. The van der Waals surface area contributed by atoms with Crippen molar-refractivity contribution in [3.05, 3.63) is 60.2 Å². The van der Waals surface area contributed by atoms with Gasteiger partial charge in [-0.15, -0.1) is 12.4 Å². The van der Waals surface area contributed by atoms with Crippen molar-refractivity contribution in [3.8, 4) is 0 Å². The van der Waals surface area contributed by atoms with Crippen LogP contribution in [0.2, 0.25) is 0 Å². The Morgan fingerprint density at radius 3 is 1.86 bits per heavy atom. The Balaban J connectivity index is 0.00000300.